The monoisotopic (exact) mass is 202 g/mol. The Hall–Kier alpha value is -1.03. The van der Waals surface area contributed by atoms with Crippen LogP contribution in [-0.4, -0.2) is 12.8 Å². The Bertz CT molecular complexity index is 314. The fraction of sp³-hybridized carbons (Fsp3) is 0.400. The van der Waals surface area contributed by atoms with Crippen LogP contribution in [0.2, 0.25) is 0 Å². The topological polar surface area (TPSA) is 9.23 Å². The van der Waals surface area contributed by atoms with E-state index in [0.29, 0.717) is 0 Å². The van der Waals surface area contributed by atoms with Gasteiger partial charge in [0, 0.05) is 6.42 Å². The van der Waals surface area contributed by atoms with Crippen LogP contribution in [0.1, 0.15) is 12.0 Å². The second-order valence-electron chi connectivity index (χ2n) is 3.29. The summed E-state index contributed by atoms with van der Waals surface area (Å²) in [6.07, 6.45) is -4.31. The highest BCUT2D eigenvalue weighted by Crippen LogP contribution is 2.49. The minimum absolute atomic E-state index is 0.0144. The molecule has 1 atom stereocenters. The van der Waals surface area contributed by atoms with Gasteiger partial charge in [0.2, 0.25) is 0 Å². The molecule has 0 aromatic heterocycles. The highest BCUT2D eigenvalue weighted by atomic mass is 19.4. The summed E-state index contributed by atoms with van der Waals surface area (Å²) in [7, 11) is 0. The van der Waals surface area contributed by atoms with Gasteiger partial charge in [-0.05, 0) is 5.56 Å². The molecule has 1 aliphatic rings. The van der Waals surface area contributed by atoms with Crippen molar-refractivity contribution in [2.24, 2.45) is 0 Å². The van der Waals surface area contributed by atoms with Crippen LogP contribution >= 0.6 is 0 Å². The molecule has 0 amide bonds. The summed E-state index contributed by atoms with van der Waals surface area (Å²) in [6, 6.07) is 7.76. The van der Waals surface area contributed by atoms with Gasteiger partial charge >= 0.3 is 6.18 Å². The molecule has 1 unspecified atom stereocenters. The number of hydrogen-bond donors (Lipinski definition) is 0. The highest BCUT2D eigenvalue weighted by molar-refractivity contribution is 5.26. The quantitative estimate of drug-likeness (QED) is 0.680. The van der Waals surface area contributed by atoms with Crippen LogP contribution in [0.25, 0.3) is 0 Å². The first-order valence-electron chi connectivity index (χ1n) is 4.32. The van der Waals surface area contributed by atoms with E-state index in [-0.39, 0.29) is 18.6 Å². The molecular weight excluding hydrogens is 193 g/mol. The number of rotatable bonds is 1. The molecule has 1 aromatic carbocycles. The number of ether oxygens (including phenoxy) is 1. The Balaban J connectivity index is 2.39. The van der Waals surface area contributed by atoms with E-state index in [1.165, 1.54) is 12.1 Å². The van der Waals surface area contributed by atoms with Crippen molar-refractivity contribution in [2.75, 3.05) is 6.61 Å². The van der Waals surface area contributed by atoms with Gasteiger partial charge in [0.1, 0.15) is 0 Å². The molecule has 1 nitrogen and oxygen atoms in total. The maximum absolute atomic E-state index is 12.7. The van der Waals surface area contributed by atoms with E-state index >= 15 is 0 Å². The molecule has 2 rings (SSSR count). The van der Waals surface area contributed by atoms with Crippen molar-refractivity contribution >= 4 is 0 Å². The predicted molar refractivity (Wildman–Crippen MR) is 44.7 cm³/mol. The second-order valence-corrected chi connectivity index (χ2v) is 3.29. The molecule has 1 aliphatic heterocycles. The zero-order valence-electron chi connectivity index (χ0n) is 7.34. The first kappa shape index (κ1) is 9.52. The van der Waals surface area contributed by atoms with Crippen LogP contribution in [-0.2, 0) is 10.3 Å². The molecule has 1 fully saturated rings. The molecule has 0 radical (unpaired) electrons. The molecule has 76 valence electrons. The second kappa shape index (κ2) is 2.98. The summed E-state index contributed by atoms with van der Waals surface area (Å²) < 4.78 is 42.9. The Kier molecular flexibility index (Phi) is 2.03. The van der Waals surface area contributed by atoms with Gasteiger partial charge in [0.05, 0.1) is 6.61 Å². The smallest absolute Gasteiger partial charge is 0.361 e. The molecular formula is C10H9F3O. The van der Waals surface area contributed by atoms with Crippen molar-refractivity contribution < 1.29 is 17.9 Å². The first-order valence-corrected chi connectivity index (χ1v) is 4.32. The maximum atomic E-state index is 12.7. The molecule has 1 aromatic rings. The van der Waals surface area contributed by atoms with Crippen molar-refractivity contribution in [3.63, 3.8) is 0 Å². The molecule has 0 spiro atoms. The maximum Gasteiger partial charge on any atom is 0.421 e. The van der Waals surface area contributed by atoms with E-state index in [9.17, 15) is 13.2 Å². The van der Waals surface area contributed by atoms with Crippen molar-refractivity contribution in [1.82, 2.24) is 0 Å². The average Bonchev–Trinajstić information content (AvgIpc) is 2.01. The van der Waals surface area contributed by atoms with Gasteiger partial charge in [-0.3, -0.25) is 0 Å². The Morgan fingerprint density at radius 2 is 1.71 bits per heavy atom. The fourth-order valence-electron chi connectivity index (χ4n) is 1.63. The van der Waals surface area contributed by atoms with Crippen LogP contribution in [0, 0.1) is 0 Å². The van der Waals surface area contributed by atoms with E-state index in [4.69, 9.17) is 4.74 Å². The number of benzene rings is 1. The highest BCUT2D eigenvalue weighted by Gasteiger charge is 2.61. The molecule has 4 heteroatoms. The van der Waals surface area contributed by atoms with Crippen LogP contribution < -0.4 is 0 Å². The van der Waals surface area contributed by atoms with E-state index < -0.39 is 11.8 Å². The number of alkyl halides is 3. The number of halogens is 3. The van der Waals surface area contributed by atoms with E-state index in [1.807, 2.05) is 0 Å². The third-order valence-electron chi connectivity index (χ3n) is 2.50. The van der Waals surface area contributed by atoms with Gasteiger partial charge in [-0.25, -0.2) is 0 Å². The van der Waals surface area contributed by atoms with Gasteiger partial charge in [0.25, 0.3) is 0 Å². The Labute approximate surface area is 79.5 Å². The van der Waals surface area contributed by atoms with Crippen LogP contribution in [0.4, 0.5) is 13.2 Å². The average molecular weight is 202 g/mol. The molecule has 1 saturated heterocycles. The molecule has 0 N–H and O–H groups in total. The molecule has 0 aliphatic carbocycles. The van der Waals surface area contributed by atoms with Crippen molar-refractivity contribution in [2.45, 2.75) is 18.2 Å². The van der Waals surface area contributed by atoms with Crippen LogP contribution in [0.3, 0.4) is 0 Å². The SMILES string of the molecule is FC(F)(F)C1(c2ccccc2)CCO1. The van der Waals surface area contributed by atoms with Gasteiger partial charge in [-0.15, -0.1) is 0 Å². The van der Waals surface area contributed by atoms with Gasteiger partial charge in [-0.2, -0.15) is 13.2 Å². The Morgan fingerprint density at radius 1 is 1.14 bits per heavy atom. The third-order valence-corrected chi connectivity index (χ3v) is 2.50. The summed E-state index contributed by atoms with van der Waals surface area (Å²) in [5.74, 6) is 0. The molecule has 0 bridgehead atoms. The van der Waals surface area contributed by atoms with Crippen molar-refractivity contribution in [3.05, 3.63) is 35.9 Å². The van der Waals surface area contributed by atoms with E-state index in [0.717, 1.165) is 0 Å². The number of hydrogen-bond acceptors (Lipinski definition) is 1. The van der Waals surface area contributed by atoms with Gasteiger partial charge in [-0.1, -0.05) is 30.3 Å². The van der Waals surface area contributed by atoms with E-state index in [2.05, 4.69) is 0 Å². The van der Waals surface area contributed by atoms with Crippen LogP contribution in [0.15, 0.2) is 30.3 Å². The minimum Gasteiger partial charge on any atom is -0.361 e. The Morgan fingerprint density at radius 3 is 2.07 bits per heavy atom. The van der Waals surface area contributed by atoms with Gasteiger partial charge < -0.3 is 4.74 Å². The summed E-state index contributed by atoms with van der Waals surface area (Å²) in [4.78, 5) is 0. The zero-order chi connectivity index (χ0) is 10.2. The third kappa shape index (κ3) is 1.21. The standard InChI is InChI=1S/C10H9F3O/c11-10(12,13)9(6-7-14-9)8-4-2-1-3-5-8/h1-5H,6-7H2. The molecule has 0 saturated carbocycles. The lowest BCUT2D eigenvalue weighted by Crippen LogP contribution is -2.52. The minimum atomic E-state index is -4.33. The molecule has 1 heterocycles. The van der Waals surface area contributed by atoms with Crippen LogP contribution in [0.5, 0.6) is 0 Å². The lowest BCUT2D eigenvalue weighted by molar-refractivity contribution is -0.333. The normalized spacial score (nSPS) is 27.1. The fourth-order valence-corrected chi connectivity index (χ4v) is 1.63. The molecule has 14 heavy (non-hydrogen) atoms. The lowest BCUT2D eigenvalue weighted by atomic mass is 9.86. The predicted octanol–water partition coefficient (Wildman–Crippen LogP) is 2.86. The van der Waals surface area contributed by atoms with E-state index in [1.54, 1.807) is 18.2 Å². The van der Waals surface area contributed by atoms with Crippen molar-refractivity contribution in [1.29, 1.82) is 0 Å². The largest absolute Gasteiger partial charge is 0.421 e. The lowest BCUT2D eigenvalue weighted by Gasteiger charge is -2.43. The summed E-state index contributed by atoms with van der Waals surface area (Å²) >= 11 is 0. The summed E-state index contributed by atoms with van der Waals surface area (Å²) in [5.41, 5.74) is -1.85. The zero-order valence-corrected chi connectivity index (χ0v) is 7.34. The first-order chi connectivity index (χ1) is 6.56. The van der Waals surface area contributed by atoms with Crippen molar-refractivity contribution in [3.8, 4) is 0 Å². The van der Waals surface area contributed by atoms with Gasteiger partial charge in [0.15, 0.2) is 5.60 Å². The summed E-state index contributed by atoms with van der Waals surface area (Å²) in [6.45, 7) is 0.175. The summed E-state index contributed by atoms with van der Waals surface area (Å²) in [5, 5.41) is 0.